The first-order valence-electron chi connectivity index (χ1n) is 22.6. The molecule has 0 bridgehead atoms. The Kier molecular flexibility index (Phi) is 11.3. The molecular weight excluding hydrogens is 785 g/mol. The number of carbonyl (C=O) groups excluding carboxylic acids is 2. The quantitative estimate of drug-likeness (QED) is 0.107. The van der Waals surface area contributed by atoms with Gasteiger partial charge in [-0.05, 0) is 168 Å². The lowest BCUT2D eigenvalue weighted by Crippen LogP contribution is -2.15. The van der Waals surface area contributed by atoms with Gasteiger partial charge in [0.25, 0.3) is 0 Å². The van der Waals surface area contributed by atoms with E-state index in [0.29, 0.717) is 22.6 Å². The molecule has 0 fully saturated rings. The average molecular weight is 835 g/mol. The molecule has 0 heterocycles. The maximum atomic E-state index is 14.1. The maximum Gasteiger partial charge on any atom is 0.343 e. The Morgan fingerprint density at radius 3 is 0.906 bits per heavy atom. The second kappa shape index (κ2) is 17.8. The number of esters is 2. The van der Waals surface area contributed by atoms with Gasteiger partial charge in [0.05, 0.1) is 11.1 Å². The molecule has 64 heavy (non-hydrogen) atoms. The lowest BCUT2D eigenvalue weighted by Gasteiger charge is -2.27. The minimum absolute atomic E-state index is 0.425. The molecule has 10 rings (SSSR count). The van der Waals surface area contributed by atoms with Crippen LogP contribution in [0.15, 0.2) is 170 Å². The SMILES string of the molecule is Cc1ccc(-c2ccc(-c3ccc(C(=O)Oc4ccc5c(c4-c4c(OC(=O)c6ccc(-c7ccc(-c8ccc(C)cc8)cc7)cc6)ccc6c4CCCC6)CCCC5)cc3)cc2)cc1. The Morgan fingerprint density at radius 1 is 0.328 bits per heavy atom. The van der Waals surface area contributed by atoms with Gasteiger partial charge in [0, 0.05) is 11.1 Å². The van der Waals surface area contributed by atoms with Crippen molar-refractivity contribution in [2.45, 2.75) is 65.2 Å². The van der Waals surface area contributed by atoms with Crippen LogP contribution in [0.5, 0.6) is 11.5 Å². The molecule has 4 nitrogen and oxygen atoms in total. The largest absolute Gasteiger partial charge is 0.422 e. The van der Waals surface area contributed by atoms with E-state index in [1.165, 1.54) is 44.5 Å². The second-order valence-corrected chi connectivity index (χ2v) is 17.4. The Balaban J connectivity index is 0.927. The normalized spacial score (nSPS) is 13.1. The van der Waals surface area contributed by atoms with Gasteiger partial charge in [-0.2, -0.15) is 0 Å². The summed E-state index contributed by atoms with van der Waals surface area (Å²) in [6, 6.07) is 57.5. The van der Waals surface area contributed by atoms with E-state index in [0.717, 1.165) is 95.9 Å². The van der Waals surface area contributed by atoms with Crippen LogP contribution in [0, 0.1) is 13.8 Å². The van der Waals surface area contributed by atoms with E-state index in [1.807, 2.05) is 60.7 Å². The van der Waals surface area contributed by atoms with Crippen LogP contribution in [-0.2, 0) is 25.7 Å². The summed E-state index contributed by atoms with van der Waals surface area (Å²) >= 11 is 0. The molecule has 0 spiro atoms. The molecule has 2 aliphatic rings. The minimum atomic E-state index is -0.425. The van der Waals surface area contributed by atoms with E-state index < -0.39 is 11.9 Å². The number of carbonyl (C=O) groups is 2. The van der Waals surface area contributed by atoms with Gasteiger partial charge in [-0.3, -0.25) is 0 Å². The predicted octanol–water partition coefficient (Wildman–Crippen LogP) is 14.8. The number of ether oxygens (including phenoxy) is 2. The summed E-state index contributed by atoms with van der Waals surface area (Å²) in [5.41, 5.74) is 18.9. The molecule has 2 aliphatic carbocycles. The number of rotatable bonds is 9. The average Bonchev–Trinajstić information content (AvgIpc) is 3.35. The molecule has 4 heteroatoms. The van der Waals surface area contributed by atoms with E-state index in [2.05, 4.69) is 123 Å². The molecule has 8 aromatic carbocycles. The lowest BCUT2D eigenvalue weighted by molar-refractivity contribution is 0.0723. The van der Waals surface area contributed by atoms with Crippen LogP contribution < -0.4 is 9.47 Å². The Hall–Kier alpha value is -7.30. The number of fused-ring (bicyclic) bond motifs is 2. The molecule has 0 atom stereocenters. The standard InChI is InChI=1S/C60H50O4/c1-39-11-15-41(16-12-39)43-19-23-45(24-20-43)47-27-31-51(32-28-47)59(61)63-55-37-35-49-7-3-5-9-53(49)57(55)58-54-10-6-4-8-50(54)36-38-56(58)64-60(62)52-33-29-48(30-34-52)46-25-21-44(22-26-46)42-17-13-40(2)14-18-42/h11-38H,3-10H2,1-2H3. The van der Waals surface area contributed by atoms with E-state index in [1.54, 1.807) is 0 Å². The summed E-state index contributed by atoms with van der Waals surface area (Å²) < 4.78 is 12.8. The van der Waals surface area contributed by atoms with Gasteiger partial charge in [0.1, 0.15) is 11.5 Å². The van der Waals surface area contributed by atoms with Crippen molar-refractivity contribution in [1.82, 2.24) is 0 Å². The summed E-state index contributed by atoms with van der Waals surface area (Å²) in [5, 5.41) is 0. The van der Waals surface area contributed by atoms with Crippen LogP contribution in [0.1, 0.15) is 79.8 Å². The van der Waals surface area contributed by atoms with Crippen molar-refractivity contribution >= 4 is 11.9 Å². The van der Waals surface area contributed by atoms with E-state index >= 15 is 0 Å². The van der Waals surface area contributed by atoms with Gasteiger partial charge >= 0.3 is 11.9 Å². The number of hydrogen-bond donors (Lipinski definition) is 0. The zero-order valence-electron chi connectivity index (χ0n) is 36.5. The zero-order chi connectivity index (χ0) is 43.6. The molecule has 0 N–H and O–H groups in total. The molecule has 0 aromatic heterocycles. The molecule has 0 amide bonds. The van der Waals surface area contributed by atoms with Gasteiger partial charge in [0.2, 0.25) is 0 Å². The summed E-state index contributed by atoms with van der Waals surface area (Å²) in [7, 11) is 0. The van der Waals surface area contributed by atoms with Gasteiger partial charge in [-0.1, -0.05) is 145 Å². The highest BCUT2D eigenvalue weighted by Gasteiger charge is 2.28. The van der Waals surface area contributed by atoms with Crippen LogP contribution in [0.4, 0.5) is 0 Å². The van der Waals surface area contributed by atoms with Crippen LogP contribution in [-0.4, -0.2) is 11.9 Å². The Bertz CT molecular complexity index is 2770. The highest BCUT2D eigenvalue weighted by molar-refractivity contribution is 5.96. The zero-order valence-corrected chi connectivity index (χ0v) is 36.5. The van der Waals surface area contributed by atoms with Crippen LogP contribution in [0.2, 0.25) is 0 Å². The third-order valence-electron chi connectivity index (χ3n) is 13.1. The molecule has 0 saturated heterocycles. The molecule has 8 aromatic rings. The summed E-state index contributed by atoms with van der Waals surface area (Å²) in [6.45, 7) is 4.19. The van der Waals surface area contributed by atoms with Gasteiger partial charge in [-0.15, -0.1) is 0 Å². The van der Waals surface area contributed by atoms with Crippen molar-refractivity contribution in [3.8, 4) is 67.1 Å². The van der Waals surface area contributed by atoms with Crippen molar-refractivity contribution in [2.75, 3.05) is 0 Å². The highest BCUT2D eigenvalue weighted by atomic mass is 16.5. The van der Waals surface area contributed by atoms with Crippen LogP contribution >= 0.6 is 0 Å². The van der Waals surface area contributed by atoms with Crippen molar-refractivity contribution in [1.29, 1.82) is 0 Å². The molecule has 314 valence electrons. The topological polar surface area (TPSA) is 52.6 Å². The second-order valence-electron chi connectivity index (χ2n) is 17.4. The fourth-order valence-corrected chi connectivity index (χ4v) is 9.45. The molecule has 0 saturated carbocycles. The fraction of sp³-hybridized carbons (Fsp3) is 0.167. The molecule has 0 radical (unpaired) electrons. The Labute approximate surface area is 376 Å². The van der Waals surface area contributed by atoms with Crippen LogP contribution in [0.25, 0.3) is 55.6 Å². The van der Waals surface area contributed by atoms with Gasteiger partial charge < -0.3 is 9.47 Å². The number of aryl methyl sites for hydroxylation is 4. The van der Waals surface area contributed by atoms with Crippen molar-refractivity contribution < 1.29 is 19.1 Å². The minimum Gasteiger partial charge on any atom is -0.422 e. The summed E-state index contributed by atoms with van der Waals surface area (Å²) in [5.74, 6) is 0.142. The lowest BCUT2D eigenvalue weighted by atomic mass is 9.80. The van der Waals surface area contributed by atoms with Gasteiger partial charge in [0.15, 0.2) is 0 Å². The molecular formula is C60H50O4. The van der Waals surface area contributed by atoms with E-state index in [-0.39, 0.29) is 0 Å². The maximum absolute atomic E-state index is 14.1. The molecule has 0 unspecified atom stereocenters. The number of benzene rings is 8. The van der Waals surface area contributed by atoms with Crippen molar-refractivity contribution in [2.24, 2.45) is 0 Å². The first kappa shape index (κ1) is 40.8. The van der Waals surface area contributed by atoms with Gasteiger partial charge in [-0.25, -0.2) is 9.59 Å². The van der Waals surface area contributed by atoms with E-state index in [9.17, 15) is 9.59 Å². The summed E-state index contributed by atoms with van der Waals surface area (Å²) in [6.07, 6.45) is 7.91. The van der Waals surface area contributed by atoms with Crippen LogP contribution in [0.3, 0.4) is 0 Å². The smallest absolute Gasteiger partial charge is 0.343 e. The summed E-state index contributed by atoms with van der Waals surface area (Å²) in [4.78, 5) is 28.2. The Morgan fingerprint density at radius 2 is 0.594 bits per heavy atom. The third kappa shape index (κ3) is 8.44. The third-order valence-corrected chi connectivity index (χ3v) is 13.1. The number of hydrogen-bond acceptors (Lipinski definition) is 4. The molecule has 0 aliphatic heterocycles. The van der Waals surface area contributed by atoms with Crippen molar-refractivity contribution in [3.05, 3.63) is 214 Å². The van der Waals surface area contributed by atoms with Crippen molar-refractivity contribution in [3.63, 3.8) is 0 Å². The first-order valence-corrected chi connectivity index (χ1v) is 22.6. The van der Waals surface area contributed by atoms with E-state index in [4.69, 9.17) is 9.47 Å². The predicted molar refractivity (Wildman–Crippen MR) is 259 cm³/mol. The first-order chi connectivity index (χ1) is 31.3. The fourth-order valence-electron chi connectivity index (χ4n) is 9.45. The monoisotopic (exact) mass is 834 g/mol. The highest BCUT2D eigenvalue weighted by Crippen LogP contribution is 2.47.